The maximum atomic E-state index is 4.17. The third kappa shape index (κ3) is 2.36. The van der Waals surface area contributed by atoms with Crippen LogP contribution in [0.3, 0.4) is 0 Å². The van der Waals surface area contributed by atoms with E-state index in [9.17, 15) is 0 Å². The van der Waals surface area contributed by atoms with Gasteiger partial charge in [-0.05, 0) is 32.0 Å². The minimum atomic E-state index is 0.483. The topological polar surface area (TPSA) is 28.2 Å². The van der Waals surface area contributed by atoms with E-state index in [0.29, 0.717) is 12.1 Å². The summed E-state index contributed by atoms with van der Waals surface area (Å²) in [4.78, 5) is 6.69. The summed E-state index contributed by atoms with van der Waals surface area (Å²) in [5.74, 6) is 0. The highest BCUT2D eigenvalue weighted by Crippen LogP contribution is 2.23. The van der Waals surface area contributed by atoms with Crippen LogP contribution in [-0.2, 0) is 0 Å². The second-order valence-electron chi connectivity index (χ2n) is 4.23. The van der Waals surface area contributed by atoms with Crippen molar-refractivity contribution in [2.24, 2.45) is 0 Å². The van der Waals surface area contributed by atoms with Crippen molar-refractivity contribution < 1.29 is 0 Å². The predicted octanol–water partition coefficient (Wildman–Crippen LogP) is 1.44. The molecule has 0 radical (unpaired) electrons. The maximum absolute atomic E-state index is 4.17. The summed E-state index contributed by atoms with van der Waals surface area (Å²) in [6.45, 7) is 4.59. The molecule has 2 atom stereocenters. The van der Waals surface area contributed by atoms with E-state index < -0.39 is 0 Å². The van der Waals surface area contributed by atoms with Crippen LogP contribution in [0.4, 0.5) is 0 Å². The van der Waals surface area contributed by atoms with E-state index in [-0.39, 0.29) is 0 Å². The Morgan fingerprint density at radius 2 is 2.47 bits per heavy atom. The summed E-state index contributed by atoms with van der Waals surface area (Å²) in [5, 5.41) is 3.34. The number of nitrogens with one attached hydrogen (secondary N) is 1. The van der Waals surface area contributed by atoms with Crippen LogP contribution < -0.4 is 5.32 Å². The Balaban J connectivity index is 2.00. The fourth-order valence-corrected chi connectivity index (χ4v) is 2.21. The first-order chi connectivity index (χ1) is 7.31. The fourth-order valence-electron chi connectivity index (χ4n) is 2.21. The fraction of sp³-hybridized carbons (Fsp3) is 0.583. The summed E-state index contributed by atoms with van der Waals surface area (Å²) in [6, 6.07) is 5.31. The number of aromatic nitrogens is 1. The van der Waals surface area contributed by atoms with Crippen LogP contribution in [0.1, 0.15) is 24.9 Å². The molecule has 2 rings (SSSR count). The molecule has 1 saturated heterocycles. The van der Waals surface area contributed by atoms with Gasteiger partial charge in [0.2, 0.25) is 0 Å². The van der Waals surface area contributed by atoms with Gasteiger partial charge in [-0.1, -0.05) is 6.07 Å². The van der Waals surface area contributed by atoms with E-state index in [4.69, 9.17) is 0 Å². The molecule has 1 aliphatic heterocycles. The average Bonchev–Trinajstić information content (AvgIpc) is 2.78. The Labute approximate surface area is 91.5 Å². The Morgan fingerprint density at radius 1 is 1.60 bits per heavy atom. The second-order valence-corrected chi connectivity index (χ2v) is 4.23. The predicted molar refractivity (Wildman–Crippen MR) is 61.7 cm³/mol. The summed E-state index contributed by atoms with van der Waals surface area (Å²) >= 11 is 0. The zero-order valence-corrected chi connectivity index (χ0v) is 9.48. The molecule has 0 spiro atoms. The summed E-state index contributed by atoms with van der Waals surface area (Å²) < 4.78 is 0. The van der Waals surface area contributed by atoms with Crippen LogP contribution >= 0.6 is 0 Å². The molecule has 0 aliphatic carbocycles. The van der Waals surface area contributed by atoms with Gasteiger partial charge in [0.05, 0.1) is 0 Å². The van der Waals surface area contributed by atoms with Crippen molar-refractivity contribution in [3.8, 4) is 0 Å². The third-order valence-electron chi connectivity index (χ3n) is 3.34. The lowest BCUT2D eigenvalue weighted by molar-refractivity contribution is 0.256. The SMILES string of the molecule is CNC1CCN(C(C)c2cccnc2)C1. The molecule has 2 heterocycles. The lowest BCUT2D eigenvalue weighted by Crippen LogP contribution is -2.31. The molecule has 1 fully saturated rings. The number of likely N-dealkylation sites (N-methyl/N-ethyl adjacent to an activating group) is 1. The van der Waals surface area contributed by atoms with E-state index in [0.717, 1.165) is 6.54 Å². The van der Waals surface area contributed by atoms with E-state index in [1.165, 1.54) is 18.5 Å². The number of rotatable bonds is 3. The highest BCUT2D eigenvalue weighted by molar-refractivity contribution is 5.13. The van der Waals surface area contributed by atoms with Crippen molar-refractivity contribution in [3.05, 3.63) is 30.1 Å². The largest absolute Gasteiger partial charge is 0.316 e. The molecule has 3 nitrogen and oxygen atoms in total. The molecule has 0 aromatic carbocycles. The number of likely N-dealkylation sites (tertiary alicyclic amines) is 1. The number of pyridine rings is 1. The molecule has 1 aliphatic rings. The quantitative estimate of drug-likeness (QED) is 0.809. The molecule has 0 saturated carbocycles. The van der Waals surface area contributed by atoms with Crippen molar-refractivity contribution in [3.63, 3.8) is 0 Å². The van der Waals surface area contributed by atoms with E-state index >= 15 is 0 Å². The van der Waals surface area contributed by atoms with Gasteiger partial charge in [-0.3, -0.25) is 9.88 Å². The van der Waals surface area contributed by atoms with Crippen molar-refractivity contribution in [1.29, 1.82) is 0 Å². The van der Waals surface area contributed by atoms with E-state index in [1.807, 2.05) is 25.5 Å². The third-order valence-corrected chi connectivity index (χ3v) is 3.34. The normalized spacial score (nSPS) is 24.3. The van der Waals surface area contributed by atoms with Crippen LogP contribution in [-0.4, -0.2) is 36.1 Å². The number of nitrogens with zero attached hydrogens (tertiary/aromatic N) is 2. The standard InChI is InChI=1S/C12H19N3/c1-10(11-4-3-6-14-8-11)15-7-5-12(9-15)13-2/h3-4,6,8,10,12-13H,5,7,9H2,1-2H3. The zero-order chi connectivity index (χ0) is 10.7. The molecule has 3 heteroatoms. The van der Waals surface area contributed by atoms with Gasteiger partial charge in [-0.25, -0.2) is 0 Å². The first-order valence-electron chi connectivity index (χ1n) is 5.62. The molecule has 1 aromatic heterocycles. The summed E-state index contributed by atoms with van der Waals surface area (Å²) in [5.41, 5.74) is 1.31. The van der Waals surface area contributed by atoms with Gasteiger partial charge in [0.1, 0.15) is 0 Å². The Morgan fingerprint density at radius 3 is 3.07 bits per heavy atom. The number of hydrogen-bond donors (Lipinski definition) is 1. The molecular weight excluding hydrogens is 186 g/mol. The van der Waals surface area contributed by atoms with Crippen LogP contribution in [0.2, 0.25) is 0 Å². The van der Waals surface area contributed by atoms with Gasteiger partial charge in [0.15, 0.2) is 0 Å². The van der Waals surface area contributed by atoms with Gasteiger partial charge < -0.3 is 5.32 Å². The van der Waals surface area contributed by atoms with Crippen LogP contribution in [0.5, 0.6) is 0 Å². The van der Waals surface area contributed by atoms with Gasteiger partial charge in [0, 0.05) is 37.6 Å². The highest BCUT2D eigenvalue weighted by atomic mass is 15.2. The molecule has 15 heavy (non-hydrogen) atoms. The molecule has 1 aromatic rings. The monoisotopic (exact) mass is 205 g/mol. The van der Waals surface area contributed by atoms with Crippen molar-refractivity contribution in [1.82, 2.24) is 15.2 Å². The van der Waals surface area contributed by atoms with Gasteiger partial charge in [-0.2, -0.15) is 0 Å². The first-order valence-corrected chi connectivity index (χ1v) is 5.62. The Bertz CT molecular complexity index is 299. The average molecular weight is 205 g/mol. The van der Waals surface area contributed by atoms with Gasteiger partial charge >= 0.3 is 0 Å². The number of hydrogen-bond acceptors (Lipinski definition) is 3. The first kappa shape index (κ1) is 10.6. The molecule has 2 unspecified atom stereocenters. The van der Waals surface area contributed by atoms with Gasteiger partial charge in [-0.15, -0.1) is 0 Å². The van der Waals surface area contributed by atoms with Crippen LogP contribution in [0.15, 0.2) is 24.5 Å². The van der Waals surface area contributed by atoms with Crippen molar-refractivity contribution in [2.75, 3.05) is 20.1 Å². The van der Waals surface area contributed by atoms with E-state index in [1.54, 1.807) is 0 Å². The summed E-state index contributed by atoms with van der Waals surface area (Å²) in [6.07, 6.45) is 5.05. The van der Waals surface area contributed by atoms with E-state index in [2.05, 4.69) is 28.2 Å². The molecule has 1 N–H and O–H groups in total. The van der Waals surface area contributed by atoms with Gasteiger partial charge in [0.25, 0.3) is 0 Å². The summed E-state index contributed by atoms with van der Waals surface area (Å²) in [7, 11) is 2.04. The minimum absolute atomic E-state index is 0.483. The van der Waals surface area contributed by atoms with Crippen molar-refractivity contribution >= 4 is 0 Å². The highest BCUT2D eigenvalue weighted by Gasteiger charge is 2.25. The zero-order valence-electron chi connectivity index (χ0n) is 9.48. The lowest BCUT2D eigenvalue weighted by atomic mass is 10.1. The molecule has 0 bridgehead atoms. The Hall–Kier alpha value is -0.930. The van der Waals surface area contributed by atoms with Crippen molar-refractivity contribution in [2.45, 2.75) is 25.4 Å². The lowest BCUT2D eigenvalue weighted by Gasteiger charge is -2.24. The molecule has 0 amide bonds. The molecular formula is C12H19N3. The minimum Gasteiger partial charge on any atom is -0.316 e. The Kier molecular flexibility index (Phi) is 3.34. The van der Waals surface area contributed by atoms with Crippen LogP contribution in [0, 0.1) is 0 Å². The smallest absolute Gasteiger partial charge is 0.0335 e. The maximum Gasteiger partial charge on any atom is 0.0335 e. The second kappa shape index (κ2) is 4.73. The molecule has 82 valence electrons. The van der Waals surface area contributed by atoms with Crippen LogP contribution in [0.25, 0.3) is 0 Å².